The third-order valence-corrected chi connectivity index (χ3v) is 8.20. The molecule has 0 bridgehead atoms. The number of ether oxygens (including phenoxy) is 2. The highest BCUT2D eigenvalue weighted by Crippen LogP contribution is 2.35. The lowest BCUT2D eigenvalue weighted by Gasteiger charge is -2.34. The molecule has 0 atom stereocenters. The Morgan fingerprint density at radius 3 is 2.42 bits per heavy atom. The van der Waals surface area contributed by atoms with Crippen molar-refractivity contribution in [2.24, 2.45) is 7.05 Å². The number of pyridine rings is 2. The third kappa shape index (κ3) is 5.09. The van der Waals surface area contributed by atoms with Crippen molar-refractivity contribution in [3.8, 4) is 11.6 Å². The highest BCUT2D eigenvalue weighted by atomic mass is 16.5. The summed E-state index contributed by atoms with van der Waals surface area (Å²) >= 11 is 0. The first kappa shape index (κ1) is 28.0. The van der Waals surface area contributed by atoms with Crippen molar-refractivity contribution in [2.45, 2.75) is 25.4 Å². The number of methoxy groups -OCH3 is 2. The average Bonchev–Trinajstić information content (AvgIpc) is 3.36. The molecule has 6 rings (SSSR count). The van der Waals surface area contributed by atoms with E-state index in [1.807, 2.05) is 42.5 Å². The number of fused-ring (bicyclic) bond motifs is 3. The largest absolute Gasteiger partial charge is 0.493 e. The molecule has 1 amide bonds. The van der Waals surface area contributed by atoms with Gasteiger partial charge in [0.25, 0.3) is 11.5 Å². The van der Waals surface area contributed by atoms with E-state index < -0.39 is 0 Å². The molecule has 4 heterocycles. The molecule has 43 heavy (non-hydrogen) atoms. The summed E-state index contributed by atoms with van der Waals surface area (Å²) in [6, 6.07) is 20.1. The maximum absolute atomic E-state index is 14.1. The van der Waals surface area contributed by atoms with Crippen LogP contribution in [0.5, 0.6) is 11.6 Å². The zero-order valence-electron chi connectivity index (χ0n) is 24.4. The van der Waals surface area contributed by atoms with Gasteiger partial charge in [0, 0.05) is 55.1 Å². The molecule has 0 spiro atoms. The SMILES string of the molecule is COc1cc(N2CCC(NC(=O)c3c(OC)c4c(=O)n(CC(=O)c5ccccc5)c5ccccc5c4n3C)CC2)ccn1. The highest BCUT2D eigenvalue weighted by molar-refractivity contribution is 6.12. The van der Waals surface area contributed by atoms with Gasteiger partial charge in [0.15, 0.2) is 17.2 Å². The summed E-state index contributed by atoms with van der Waals surface area (Å²) < 4.78 is 14.2. The molecule has 0 saturated carbocycles. The minimum Gasteiger partial charge on any atom is -0.493 e. The van der Waals surface area contributed by atoms with E-state index in [1.165, 1.54) is 11.7 Å². The fraction of sp³-hybridized carbons (Fsp3) is 0.273. The molecule has 1 aliphatic heterocycles. The van der Waals surface area contributed by atoms with Crippen molar-refractivity contribution in [1.29, 1.82) is 0 Å². The summed E-state index contributed by atoms with van der Waals surface area (Å²) in [5.74, 6) is 0.270. The Hall–Kier alpha value is -5.12. The maximum atomic E-state index is 14.1. The number of nitrogens with zero attached hydrogens (tertiary/aromatic N) is 4. The van der Waals surface area contributed by atoms with Crippen LogP contribution >= 0.6 is 0 Å². The average molecular weight is 580 g/mol. The first-order valence-electron chi connectivity index (χ1n) is 14.2. The number of Topliss-reactive ketones (excluding diaryl/α,β-unsaturated/α-hetero) is 1. The lowest BCUT2D eigenvalue weighted by Crippen LogP contribution is -2.45. The maximum Gasteiger partial charge on any atom is 0.272 e. The molecule has 0 unspecified atom stereocenters. The number of para-hydroxylation sites is 1. The second kappa shape index (κ2) is 11.6. The second-order valence-corrected chi connectivity index (χ2v) is 10.7. The van der Waals surface area contributed by atoms with Gasteiger partial charge < -0.3 is 24.3 Å². The van der Waals surface area contributed by atoms with Crippen molar-refractivity contribution in [1.82, 2.24) is 19.4 Å². The van der Waals surface area contributed by atoms with Crippen LogP contribution < -0.4 is 25.2 Å². The molecule has 1 fully saturated rings. The minimum absolute atomic E-state index is 0.0490. The van der Waals surface area contributed by atoms with Crippen molar-refractivity contribution < 1.29 is 19.1 Å². The number of hydrogen-bond acceptors (Lipinski definition) is 7. The number of ketones is 1. The fourth-order valence-electron chi connectivity index (χ4n) is 6.04. The zero-order valence-corrected chi connectivity index (χ0v) is 24.4. The number of benzene rings is 2. The Kier molecular flexibility index (Phi) is 7.58. The molecular weight excluding hydrogens is 546 g/mol. The van der Waals surface area contributed by atoms with Crippen LogP contribution in [0.4, 0.5) is 5.69 Å². The van der Waals surface area contributed by atoms with Crippen molar-refractivity contribution in [3.63, 3.8) is 0 Å². The lowest BCUT2D eigenvalue weighted by atomic mass is 10.0. The van der Waals surface area contributed by atoms with Gasteiger partial charge in [-0.25, -0.2) is 4.98 Å². The Balaban J connectivity index is 1.32. The van der Waals surface area contributed by atoms with Gasteiger partial charge in [0.05, 0.1) is 31.8 Å². The first-order chi connectivity index (χ1) is 20.9. The summed E-state index contributed by atoms with van der Waals surface area (Å²) in [5.41, 5.74) is 2.64. The van der Waals surface area contributed by atoms with Crippen LogP contribution in [0, 0.1) is 0 Å². The van der Waals surface area contributed by atoms with Crippen molar-refractivity contribution in [2.75, 3.05) is 32.2 Å². The van der Waals surface area contributed by atoms with E-state index in [2.05, 4.69) is 15.2 Å². The van der Waals surface area contributed by atoms with Gasteiger partial charge >= 0.3 is 0 Å². The van der Waals surface area contributed by atoms with Crippen molar-refractivity contribution in [3.05, 3.63) is 94.5 Å². The normalized spacial score (nSPS) is 13.8. The summed E-state index contributed by atoms with van der Waals surface area (Å²) in [5, 5.41) is 4.20. The monoisotopic (exact) mass is 579 g/mol. The summed E-state index contributed by atoms with van der Waals surface area (Å²) in [6.07, 6.45) is 3.23. The second-order valence-electron chi connectivity index (χ2n) is 10.7. The smallest absolute Gasteiger partial charge is 0.272 e. The van der Waals surface area contributed by atoms with Gasteiger partial charge in [-0.3, -0.25) is 19.0 Å². The molecule has 5 aromatic rings. The summed E-state index contributed by atoms with van der Waals surface area (Å²) in [4.78, 5) is 47.5. The quantitative estimate of drug-likeness (QED) is 0.275. The molecule has 1 N–H and O–H groups in total. The number of piperidine rings is 1. The van der Waals surface area contributed by atoms with Gasteiger partial charge in [-0.2, -0.15) is 0 Å². The molecule has 3 aromatic heterocycles. The van der Waals surface area contributed by atoms with E-state index in [-0.39, 0.29) is 46.7 Å². The fourth-order valence-corrected chi connectivity index (χ4v) is 6.04. The number of anilines is 1. The minimum atomic E-state index is -0.384. The summed E-state index contributed by atoms with van der Waals surface area (Å²) in [7, 11) is 4.82. The van der Waals surface area contributed by atoms with Crippen LogP contribution in [0.1, 0.15) is 33.7 Å². The van der Waals surface area contributed by atoms with Gasteiger partial charge in [0.1, 0.15) is 5.39 Å². The topological polar surface area (TPSA) is 108 Å². The van der Waals surface area contributed by atoms with Crippen LogP contribution in [0.25, 0.3) is 21.8 Å². The Labute approximate surface area is 248 Å². The van der Waals surface area contributed by atoms with E-state index in [0.717, 1.165) is 37.0 Å². The number of amides is 1. The molecule has 10 nitrogen and oxygen atoms in total. The van der Waals surface area contributed by atoms with E-state index in [9.17, 15) is 14.4 Å². The van der Waals surface area contributed by atoms with E-state index >= 15 is 0 Å². The lowest BCUT2D eigenvalue weighted by molar-refractivity contribution is 0.0918. The third-order valence-electron chi connectivity index (χ3n) is 8.20. The number of aryl methyl sites for hydroxylation is 1. The van der Waals surface area contributed by atoms with Gasteiger partial charge in [0.2, 0.25) is 5.88 Å². The molecule has 220 valence electrons. The Morgan fingerprint density at radius 2 is 1.70 bits per heavy atom. The molecule has 1 aliphatic rings. The Morgan fingerprint density at radius 1 is 0.977 bits per heavy atom. The molecule has 1 saturated heterocycles. The first-order valence-corrected chi connectivity index (χ1v) is 14.2. The van der Waals surface area contributed by atoms with Gasteiger partial charge in [-0.05, 0) is 25.0 Å². The number of carbonyl (C=O) groups is 2. The highest BCUT2D eigenvalue weighted by Gasteiger charge is 2.30. The van der Waals surface area contributed by atoms with Gasteiger partial charge in [-0.15, -0.1) is 0 Å². The van der Waals surface area contributed by atoms with Crippen LogP contribution in [0.15, 0.2) is 77.7 Å². The number of rotatable bonds is 8. The van der Waals surface area contributed by atoms with Crippen LogP contribution in [-0.4, -0.2) is 59.2 Å². The summed E-state index contributed by atoms with van der Waals surface area (Å²) in [6.45, 7) is 1.38. The predicted molar refractivity (Wildman–Crippen MR) is 165 cm³/mol. The van der Waals surface area contributed by atoms with E-state index in [4.69, 9.17) is 9.47 Å². The van der Waals surface area contributed by atoms with Crippen LogP contribution in [0.2, 0.25) is 0 Å². The number of hydrogen-bond donors (Lipinski definition) is 1. The number of aromatic nitrogens is 3. The van der Waals surface area contributed by atoms with E-state index in [0.29, 0.717) is 22.5 Å². The molecular formula is C33H33N5O5. The number of carbonyl (C=O) groups excluding carboxylic acids is 2. The van der Waals surface area contributed by atoms with E-state index in [1.54, 1.807) is 49.2 Å². The number of nitrogens with one attached hydrogen (secondary N) is 1. The predicted octanol–water partition coefficient (Wildman–Crippen LogP) is 4.19. The standard InChI is InChI=1S/C33H33N5O5/c1-36-29-24-11-7-8-12-25(24)38(20-26(39)21-9-5-4-6-10-21)33(41)28(29)31(43-3)30(36)32(40)35-22-14-17-37(18-15-22)23-13-16-34-27(19-23)42-2/h4-13,16,19,22H,14-15,17-18,20H2,1-3H3,(H,35,40). The van der Waals surface area contributed by atoms with Crippen molar-refractivity contribution >= 4 is 39.2 Å². The molecule has 0 radical (unpaired) electrons. The van der Waals surface area contributed by atoms with Gasteiger partial charge in [-0.1, -0.05) is 48.5 Å². The molecule has 0 aliphatic carbocycles. The zero-order chi connectivity index (χ0) is 30.1. The molecule has 10 heteroatoms. The van der Waals surface area contributed by atoms with Crippen LogP contribution in [-0.2, 0) is 13.6 Å². The van der Waals surface area contributed by atoms with Crippen LogP contribution in [0.3, 0.4) is 0 Å². The Bertz CT molecular complexity index is 1890. The molecule has 2 aromatic carbocycles.